The number of carbonyl (C=O) groups is 3. The summed E-state index contributed by atoms with van der Waals surface area (Å²) in [5, 5.41) is 24.7. The maximum Gasteiger partial charge on any atom is 0.335 e. The Morgan fingerprint density at radius 1 is 1.00 bits per heavy atom. The Kier molecular flexibility index (Phi) is 5.89. The largest absolute Gasteiger partial charge is 0.456 e. The highest BCUT2D eigenvalue weighted by Gasteiger charge is 2.37. The minimum absolute atomic E-state index is 0.0256. The van der Waals surface area contributed by atoms with Crippen molar-refractivity contribution in [3.05, 3.63) is 90.7 Å². The van der Waals surface area contributed by atoms with E-state index in [2.05, 4.69) is 5.32 Å². The first-order chi connectivity index (χ1) is 16.6. The first-order valence-corrected chi connectivity index (χ1v) is 10.1. The molecule has 2 aromatic carbocycles. The van der Waals surface area contributed by atoms with Gasteiger partial charge in [0.2, 0.25) is 0 Å². The highest BCUT2D eigenvalue weighted by molar-refractivity contribution is 6.39. The first-order valence-electron chi connectivity index (χ1n) is 9.77. The number of anilines is 1. The Bertz CT molecular complexity index is 1480. The summed E-state index contributed by atoms with van der Waals surface area (Å²) in [5.74, 6) is -1.95. The fourth-order valence-electron chi connectivity index (χ4n) is 3.32. The normalized spacial score (nSPS) is 14.9. The molecule has 0 saturated carbocycles. The van der Waals surface area contributed by atoms with Crippen molar-refractivity contribution in [1.82, 2.24) is 5.32 Å². The lowest BCUT2D eigenvalue weighted by Gasteiger charge is -2.26. The molecule has 4 amide bonds. The quantitative estimate of drug-likeness (QED) is 0.235. The average molecular weight is 497 g/mol. The predicted octanol–water partition coefficient (Wildman–Crippen LogP) is 4.39. The molecule has 13 heteroatoms. The number of rotatable bonds is 5. The number of aryl methyl sites for hydroxylation is 1. The number of urea groups is 1. The van der Waals surface area contributed by atoms with E-state index in [1.54, 1.807) is 13.0 Å². The van der Waals surface area contributed by atoms with Crippen molar-refractivity contribution in [3.8, 4) is 11.3 Å². The van der Waals surface area contributed by atoms with Crippen LogP contribution in [-0.4, -0.2) is 27.7 Å². The molecule has 35 heavy (non-hydrogen) atoms. The van der Waals surface area contributed by atoms with E-state index < -0.39 is 44.6 Å². The van der Waals surface area contributed by atoms with Gasteiger partial charge in [0.25, 0.3) is 23.2 Å². The second-order valence-electron chi connectivity index (χ2n) is 7.31. The van der Waals surface area contributed by atoms with E-state index in [-0.39, 0.29) is 22.8 Å². The number of benzene rings is 2. The van der Waals surface area contributed by atoms with Crippen LogP contribution in [0, 0.1) is 27.2 Å². The van der Waals surface area contributed by atoms with E-state index in [1.807, 2.05) is 0 Å². The summed E-state index contributed by atoms with van der Waals surface area (Å²) in [6.45, 7) is 1.74. The number of non-ortho nitro benzene ring substituents is 1. The second-order valence-corrected chi connectivity index (χ2v) is 7.72. The number of barbiturate groups is 1. The molecule has 1 aliphatic rings. The van der Waals surface area contributed by atoms with Gasteiger partial charge in [-0.3, -0.25) is 35.1 Å². The lowest BCUT2D eigenvalue weighted by Crippen LogP contribution is -2.54. The minimum Gasteiger partial charge on any atom is -0.456 e. The number of furan rings is 1. The Balaban J connectivity index is 1.71. The molecular formula is C22H13ClN4O8. The molecule has 0 bridgehead atoms. The lowest BCUT2D eigenvalue weighted by atomic mass is 10.1. The summed E-state index contributed by atoms with van der Waals surface area (Å²) in [6.07, 6.45) is 1.08. The number of imide groups is 2. The molecule has 1 saturated heterocycles. The van der Waals surface area contributed by atoms with Gasteiger partial charge in [0, 0.05) is 11.1 Å². The van der Waals surface area contributed by atoms with Gasteiger partial charge in [0.05, 0.1) is 27.2 Å². The van der Waals surface area contributed by atoms with Crippen LogP contribution in [0.5, 0.6) is 0 Å². The smallest absolute Gasteiger partial charge is 0.335 e. The SMILES string of the molecule is Cc1ccc(N2C(=O)NC(=O)/C(=C/c3ccc(-c4ccc([N+](=O)[O-])cc4[N+](=O)[O-])o3)C2=O)cc1Cl. The molecule has 1 aliphatic heterocycles. The molecule has 0 spiro atoms. The molecule has 1 fully saturated rings. The summed E-state index contributed by atoms with van der Waals surface area (Å²) in [4.78, 5) is 59.3. The monoisotopic (exact) mass is 496 g/mol. The summed E-state index contributed by atoms with van der Waals surface area (Å²) in [6, 6.07) is 9.26. The zero-order chi connectivity index (χ0) is 25.4. The lowest BCUT2D eigenvalue weighted by molar-refractivity contribution is -0.393. The van der Waals surface area contributed by atoms with Gasteiger partial charge < -0.3 is 4.42 Å². The van der Waals surface area contributed by atoms with E-state index in [9.17, 15) is 34.6 Å². The van der Waals surface area contributed by atoms with Gasteiger partial charge in [0.15, 0.2) is 0 Å². The topological polar surface area (TPSA) is 166 Å². The van der Waals surface area contributed by atoms with Crippen LogP contribution in [0.4, 0.5) is 21.9 Å². The second kappa shape index (κ2) is 8.83. The van der Waals surface area contributed by atoms with Gasteiger partial charge in [-0.05, 0) is 48.9 Å². The standard InChI is InChI=1S/C22H13ClN4O8/c1-11-2-3-12(8-17(11)23)25-21(29)16(20(28)24-22(25)30)10-14-5-7-19(35-14)15-6-4-13(26(31)32)9-18(15)27(33)34/h2-10H,1H3,(H,24,28,30)/b16-10-. The third kappa shape index (κ3) is 4.37. The van der Waals surface area contributed by atoms with Crippen molar-refractivity contribution in [2.75, 3.05) is 4.90 Å². The van der Waals surface area contributed by atoms with Crippen molar-refractivity contribution >= 4 is 52.6 Å². The van der Waals surface area contributed by atoms with E-state index in [1.165, 1.54) is 24.3 Å². The van der Waals surface area contributed by atoms with Crippen LogP contribution in [0.1, 0.15) is 11.3 Å². The number of nitro groups is 2. The zero-order valence-electron chi connectivity index (χ0n) is 17.7. The Labute approximate surface area is 200 Å². The van der Waals surface area contributed by atoms with Crippen molar-refractivity contribution in [2.45, 2.75) is 6.92 Å². The molecule has 3 aromatic rings. The Morgan fingerprint density at radius 3 is 2.40 bits per heavy atom. The molecule has 0 radical (unpaired) electrons. The van der Waals surface area contributed by atoms with E-state index in [0.717, 1.165) is 34.7 Å². The Morgan fingerprint density at radius 2 is 1.74 bits per heavy atom. The predicted molar refractivity (Wildman–Crippen MR) is 123 cm³/mol. The molecule has 176 valence electrons. The van der Waals surface area contributed by atoms with Gasteiger partial charge in [-0.2, -0.15) is 0 Å². The number of hydrogen-bond donors (Lipinski definition) is 1. The maximum absolute atomic E-state index is 13.0. The van der Waals surface area contributed by atoms with Crippen molar-refractivity contribution in [1.29, 1.82) is 0 Å². The molecule has 4 rings (SSSR count). The number of nitro benzene ring substituents is 2. The minimum atomic E-state index is -0.964. The molecule has 1 N–H and O–H groups in total. The van der Waals surface area contributed by atoms with Crippen molar-refractivity contribution in [3.63, 3.8) is 0 Å². The molecule has 1 aromatic heterocycles. The highest BCUT2D eigenvalue weighted by Crippen LogP contribution is 2.35. The fourth-order valence-corrected chi connectivity index (χ4v) is 3.50. The summed E-state index contributed by atoms with van der Waals surface area (Å²) in [7, 11) is 0. The first kappa shape index (κ1) is 23.3. The Hall–Kier alpha value is -4.84. The molecule has 0 unspecified atom stereocenters. The average Bonchev–Trinajstić information content (AvgIpc) is 3.27. The van der Waals surface area contributed by atoms with E-state index >= 15 is 0 Å². The van der Waals surface area contributed by atoms with E-state index in [0.29, 0.717) is 5.02 Å². The summed E-state index contributed by atoms with van der Waals surface area (Å²) < 4.78 is 5.56. The molecule has 12 nitrogen and oxygen atoms in total. The van der Waals surface area contributed by atoms with Gasteiger partial charge >= 0.3 is 6.03 Å². The van der Waals surface area contributed by atoms with Gasteiger partial charge in [-0.25, -0.2) is 9.69 Å². The van der Waals surface area contributed by atoms with Gasteiger partial charge in [-0.1, -0.05) is 17.7 Å². The van der Waals surface area contributed by atoms with Crippen molar-refractivity contribution < 1.29 is 28.6 Å². The third-order valence-corrected chi connectivity index (χ3v) is 5.49. The zero-order valence-corrected chi connectivity index (χ0v) is 18.4. The maximum atomic E-state index is 13.0. The number of carbonyl (C=O) groups excluding carboxylic acids is 3. The van der Waals surface area contributed by atoms with Crippen LogP contribution >= 0.6 is 11.6 Å². The van der Waals surface area contributed by atoms with Crippen LogP contribution in [0.2, 0.25) is 5.02 Å². The van der Waals surface area contributed by atoms with Gasteiger partial charge in [-0.15, -0.1) is 0 Å². The van der Waals surface area contributed by atoms with Crippen LogP contribution in [-0.2, 0) is 9.59 Å². The number of amides is 4. The molecule has 0 aliphatic carbocycles. The van der Waals surface area contributed by atoms with Crippen molar-refractivity contribution in [2.24, 2.45) is 0 Å². The summed E-state index contributed by atoms with van der Waals surface area (Å²) in [5.41, 5.74) is -0.651. The summed E-state index contributed by atoms with van der Waals surface area (Å²) >= 11 is 6.09. The molecular weight excluding hydrogens is 484 g/mol. The van der Waals surface area contributed by atoms with Gasteiger partial charge in [0.1, 0.15) is 17.1 Å². The van der Waals surface area contributed by atoms with Crippen LogP contribution in [0.3, 0.4) is 0 Å². The molecule has 0 atom stereocenters. The van der Waals surface area contributed by atoms with Crippen LogP contribution < -0.4 is 10.2 Å². The van der Waals surface area contributed by atoms with E-state index in [4.69, 9.17) is 16.0 Å². The number of nitrogens with zero attached hydrogens (tertiary/aromatic N) is 3. The number of nitrogens with one attached hydrogen (secondary N) is 1. The molecule has 2 heterocycles. The fraction of sp³-hybridized carbons (Fsp3) is 0.0455. The van der Waals surface area contributed by atoms with Crippen LogP contribution in [0.25, 0.3) is 17.4 Å². The number of hydrogen-bond acceptors (Lipinski definition) is 8. The highest BCUT2D eigenvalue weighted by atomic mass is 35.5. The number of halogens is 1. The third-order valence-electron chi connectivity index (χ3n) is 5.08. The van der Waals surface area contributed by atoms with Crippen LogP contribution in [0.15, 0.2) is 58.5 Å².